The summed E-state index contributed by atoms with van der Waals surface area (Å²) in [5, 5.41) is 17.2. The molecule has 1 heterocycles. The minimum atomic E-state index is -0.983. The highest BCUT2D eigenvalue weighted by atomic mass is 16.5. The van der Waals surface area contributed by atoms with Crippen molar-refractivity contribution in [1.82, 2.24) is 0 Å². The molecule has 1 aromatic rings. The summed E-state index contributed by atoms with van der Waals surface area (Å²) < 4.78 is 5.72. The zero-order valence-corrected chi connectivity index (χ0v) is 15.1. The molecule has 0 radical (unpaired) electrons. The third kappa shape index (κ3) is 7.52. The van der Waals surface area contributed by atoms with Crippen molar-refractivity contribution in [2.24, 2.45) is 5.92 Å². The molecular weight excluding hydrogens is 320 g/mol. The fourth-order valence-electron chi connectivity index (χ4n) is 2.84. The normalized spacial score (nSPS) is 22.4. The molecule has 0 bridgehead atoms. The third-order valence-electron chi connectivity index (χ3n) is 4.24. The number of benzene rings is 1. The zero-order chi connectivity index (χ0) is 18.8. The highest BCUT2D eigenvalue weighted by Gasteiger charge is 2.35. The Labute approximate surface area is 149 Å². The van der Waals surface area contributed by atoms with E-state index >= 15 is 0 Å². The number of carboxylic acids is 1. The van der Waals surface area contributed by atoms with Crippen molar-refractivity contribution in [3.63, 3.8) is 0 Å². The maximum absolute atomic E-state index is 11.1. The van der Waals surface area contributed by atoms with Gasteiger partial charge in [0.25, 0.3) is 0 Å². The number of carbonyl (C=O) groups excluding carboxylic acids is 1. The number of rotatable bonds is 6. The Bertz CT molecular complexity index is 576. The average molecular weight is 348 g/mol. The summed E-state index contributed by atoms with van der Waals surface area (Å²) in [5.41, 5.74) is 0.746. The van der Waals surface area contributed by atoms with Gasteiger partial charge in [-0.25, -0.2) is 4.79 Å². The Kier molecular flexibility index (Phi) is 8.92. The molecule has 1 saturated heterocycles. The van der Waals surface area contributed by atoms with E-state index in [9.17, 15) is 9.59 Å². The average Bonchev–Trinajstić information content (AvgIpc) is 2.99. The van der Waals surface area contributed by atoms with Gasteiger partial charge in [0.05, 0.1) is 6.10 Å². The number of aromatic hydroxyl groups is 1. The molecule has 3 unspecified atom stereocenters. The van der Waals surface area contributed by atoms with Crippen LogP contribution >= 0.6 is 0 Å². The second-order valence-electron chi connectivity index (χ2n) is 6.23. The van der Waals surface area contributed by atoms with Crippen LogP contribution < -0.4 is 0 Å². The Morgan fingerprint density at radius 3 is 2.36 bits per heavy atom. The van der Waals surface area contributed by atoms with E-state index < -0.39 is 5.97 Å². The molecule has 1 aliphatic heterocycles. The van der Waals surface area contributed by atoms with Gasteiger partial charge in [0.2, 0.25) is 0 Å². The summed E-state index contributed by atoms with van der Waals surface area (Å²) in [6, 6.07) is 6.27. The van der Waals surface area contributed by atoms with E-state index in [1.54, 1.807) is 19.1 Å². The number of hydrogen-bond acceptors (Lipinski definition) is 4. The first-order chi connectivity index (χ1) is 11.9. The molecular formula is C20H28O5. The number of phenols is 1. The summed E-state index contributed by atoms with van der Waals surface area (Å²) in [5.74, 6) is -0.0172. The minimum absolute atomic E-state index is 0.110. The van der Waals surface area contributed by atoms with E-state index in [-0.39, 0.29) is 17.6 Å². The zero-order valence-electron chi connectivity index (χ0n) is 15.1. The molecule has 1 aliphatic rings. The van der Waals surface area contributed by atoms with Gasteiger partial charge in [-0.2, -0.15) is 0 Å². The number of aliphatic carboxylic acids is 1. The van der Waals surface area contributed by atoms with Crippen LogP contribution in [0, 0.1) is 5.92 Å². The minimum Gasteiger partial charge on any atom is -0.508 e. The lowest BCUT2D eigenvalue weighted by molar-refractivity contribution is -0.131. The van der Waals surface area contributed by atoms with E-state index in [1.165, 1.54) is 18.2 Å². The van der Waals surface area contributed by atoms with Crippen LogP contribution in [0.15, 0.2) is 30.3 Å². The molecule has 25 heavy (non-hydrogen) atoms. The number of carbonyl (C=O) groups is 2. The van der Waals surface area contributed by atoms with Crippen LogP contribution in [-0.4, -0.2) is 34.2 Å². The van der Waals surface area contributed by atoms with Crippen molar-refractivity contribution in [2.45, 2.75) is 58.7 Å². The lowest BCUT2D eigenvalue weighted by Gasteiger charge is -2.15. The summed E-state index contributed by atoms with van der Waals surface area (Å²) in [6.45, 7) is 5.97. The Morgan fingerprint density at radius 2 is 1.88 bits per heavy atom. The highest BCUT2D eigenvalue weighted by molar-refractivity contribution is 5.85. The molecule has 2 rings (SSSR count). The molecule has 1 fully saturated rings. The van der Waals surface area contributed by atoms with Crippen LogP contribution in [-0.2, 0) is 14.3 Å². The molecule has 0 saturated carbocycles. The fraction of sp³-hybridized carbons (Fsp3) is 0.500. The van der Waals surface area contributed by atoms with Crippen LogP contribution in [0.1, 0.15) is 52.0 Å². The standard InChI is InChI=1S/C11H20O2.C9H8O3/c1-4-6-10-9(5-2)7-11(13-10)8(3)12;10-8-4-1-7(2-5-8)3-6-9(11)12/h9-11H,4-7H2,1-3H3;1-6,10H,(H,11,12). The van der Waals surface area contributed by atoms with Gasteiger partial charge in [-0.1, -0.05) is 38.8 Å². The van der Waals surface area contributed by atoms with Crippen molar-refractivity contribution in [1.29, 1.82) is 0 Å². The number of carboxylic acid groups (broad SMARTS) is 1. The van der Waals surface area contributed by atoms with E-state index in [0.29, 0.717) is 12.0 Å². The van der Waals surface area contributed by atoms with Crippen LogP contribution in [0.5, 0.6) is 5.75 Å². The van der Waals surface area contributed by atoms with Crippen molar-refractivity contribution in [3.8, 4) is 5.75 Å². The number of hydrogen-bond donors (Lipinski definition) is 2. The van der Waals surface area contributed by atoms with E-state index in [2.05, 4.69) is 13.8 Å². The first-order valence-corrected chi connectivity index (χ1v) is 8.73. The highest BCUT2D eigenvalue weighted by Crippen LogP contribution is 2.31. The number of Topliss-reactive ketones (excluding diaryl/α,β-unsaturated/α-hetero) is 1. The van der Waals surface area contributed by atoms with E-state index in [1.807, 2.05) is 0 Å². The predicted molar refractivity (Wildman–Crippen MR) is 97.4 cm³/mol. The molecule has 0 aromatic heterocycles. The first kappa shape index (κ1) is 20.9. The smallest absolute Gasteiger partial charge is 0.328 e. The Morgan fingerprint density at radius 1 is 1.24 bits per heavy atom. The van der Waals surface area contributed by atoms with Crippen LogP contribution in [0.25, 0.3) is 6.08 Å². The van der Waals surface area contributed by atoms with Crippen molar-refractivity contribution in [3.05, 3.63) is 35.9 Å². The van der Waals surface area contributed by atoms with Gasteiger partial charge in [0, 0.05) is 6.08 Å². The van der Waals surface area contributed by atoms with Gasteiger partial charge < -0.3 is 14.9 Å². The molecule has 1 aromatic carbocycles. The van der Waals surface area contributed by atoms with Crippen LogP contribution in [0.3, 0.4) is 0 Å². The molecule has 0 spiro atoms. The topological polar surface area (TPSA) is 83.8 Å². The quantitative estimate of drug-likeness (QED) is 0.758. The number of ketones is 1. The Balaban J connectivity index is 0.000000251. The number of phenolic OH excluding ortho intramolecular Hbond substituents is 1. The van der Waals surface area contributed by atoms with Crippen molar-refractivity contribution < 1.29 is 24.5 Å². The molecule has 0 aliphatic carbocycles. The summed E-state index contributed by atoms with van der Waals surface area (Å²) in [4.78, 5) is 21.2. The lowest BCUT2D eigenvalue weighted by Crippen LogP contribution is -2.18. The molecule has 5 heteroatoms. The second kappa shape index (κ2) is 10.7. The molecule has 138 valence electrons. The molecule has 0 amide bonds. The van der Waals surface area contributed by atoms with Crippen LogP contribution in [0.2, 0.25) is 0 Å². The van der Waals surface area contributed by atoms with Crippen molar-refractivity contribution in [2.75, 3.05) is 0 Å². The fourth-order valence-corrected chi connectivity index (χ4v) is 2.84. The summed E-state index contributed by atoms with van der Waals surface area (Å²) in [6.07, 6.45) is 7.05. The maximum atomic E-state index is 11.1. The van der Waals surface area contributed by atoms with Gasteiger partial charge in [-0.15, -0.1) is 0 Å². The van der Waals surface area contributed by atoms with Gasteiger partial charge in [0.1, 0.15) is 11.9 Å². The molecule has 3 atom stereocenters. The largest absolute Gasteiger partial charge is 0.508 e. The van der Waals surface area contributed by atoms with E-state index in [0.717, 1.165) is 37.3 Å². The summed E-state index contributed by atoms with van der Waals surface area (Å²) >= 11 is 0. The first-order valence-electron chi connectivity index (χ1n) is 8.73. The lowest BCUT2D eigenvalue weighted by atomic mass is 9.93. The monoisotopic (exact) mass is 348 g/mol. The second-order valence-corrected chi connectivity index (χ2v) is 6.23. The predicted octanol–water partition coefficient (Wildman–Crippen LogP) is 4.05. The Hall–Kier alpha value is -2.14. The molecule has 5 nitrogen and oxygen atoms in total. The van der Waals surface area contributed by atoms with Crippen LogP contribution in [0.4, 0.5) is 0 Å². The van der Waals surface area contributed by atoms with Crippen molar-refractivity contribution >= 4 is 17.8 Å². The SMILES string of the molecule is CCCC1OC(C(C)=O)CC1CC.O=C(O)C=Cc1ccc(O)cc1. The van der Waals surface area contributed by atoms with E-state index in [4.69, 9.17) is 14.9 Å². The van der Waals surface area contributed by atoms with Gasteiger partial charge in [-0.05, 0) is 49.5 Å². The van der Waals surface area contributed by atoms with Gasteiger partial charge in [-0.3, -0.25) is 4.79 Å². The van der Waals surface area contributed by atoms with Gasteiger partial charge >= 0.3 is 5.97 Å². The third-order valence-corrected chi connectivity index (χ3v) is 4.24. The summed E-state index contributed by atoms with van der Waals surface area (Å²) in [7, 11) is 0. The van der Waals surface area contributed by atoms with Gasteiger partial charge in [0.15, 0.2) is 5.78 Å². The molecule has 2 N–H and O–H groups in total. The number of ether oxygens (including phenoxy) is 1. The maximum Gasteiger partial charge on any atom is 0.328 e.